The number of nitrogens with zero attached hydrogens (tertiary/aromatic N) is 3. The Bertz CT molecular complexity index is 1180. The van der Waals surface area contributed by atoms with Gasteiger partial charge in [-0.2, -0.15) is 4.31 Å². The lowest BCUT2D eigenvalue weighted by Crippen LogP contribution is -2.48. The lowest BCUT2D eigenvalue weighted by atomic mass is 10.1. The van der Waals surface area contributed by atoms with Crippen LogP contribution in [0.5, 0.6) is 5.75 Å². The topological polar surface area (TPSA) is 62.7 Å². The molecule has 0 bridgehead atoms. The summed E-state index contributed by atoms with van der Waals surface area (Å²) in [5, 5.41) is 0.599. The van der Waals surface area contributed by atoms with Crippen LogP contribution in [0.4, 0.5) is 8.78 Å². The predicted molar refractivity (Wildman–Crippen MR) is 109 cm³/mol. The van der Waals surface area contributed by atoms with E-state index in [9.17, 15) is 17.2 Å². The van der Waals surface area contributed by atoms with Crippen molar-refractivity contribution in [2.75, 3.05) is 33.3 Å². The first kappa shape index (κ1) is 20.6. The molecule has 3 aromatic rings. The molecule has 6 nitrogen and oxygen atoms in total. The second kappa shape index (κ2) is 8.25. The van der Waals surface area contributed by atoms with Crippen molar-refractivity contribution in [2.45, 2.75) is 11.4 Å². The number of halogens is 2. The number of piperazine rings is 1. The Labute approximate surface area is 173 Å². The third-order valence-electron chi connectivity index (χ3n) is 5.18. The van der Waals surface area contributed by atoms with E-state index in [0.717, 1.165) is 11.8 Å². The smallest absolute Gasteiger partial charge is 0.246 e. The average molecular weight is 433 g/mol. The molecule has 1 saturated heterocycles. The molecule has 30 heavy (non-hydrogen) atoms. The molecular weight excluding hydrogens is 412 g/mol. The van der Waals surface area contributed by atoms with Gasteiger partial charge in [0.15, 0.2) is 0 Å². The third-order valence-corrected chi connectivity index (χ3v) is 7.11. The standard InChI is InChI=1S/C21H21F2N3O3S/c1-29-20-13-16(24-19-7-6-15(22)12-17(19)20)14-25-8-10-26(11-9-25)30(27,28)21-5-3-2-4-18(21)23/h2-7,12-13H,8-11,14H2,1H3. The zero-order valence-corrected chi connectivity index (χ0v) is 17.2. The number of methoxy groups -OCH3 is 1. The summed E-state index contributed by atoms with van der Waals surface area (Å²) < 4.78 is 59.7. The molecule has 158 valence electrons. The van der Waals surface area contributed by atoms with Crippen molar-refractivity contribution in [3.05, 3.63) is 65.9 Å². The quantitative estimate of drug-likeness (QED) is 0.619. The molecule has 4 rings (SSSR count). The molecule has 0 atom stereocenters. The molecule has 0 aliphatic carbocycles. The van der Waals surface area contributed by atoms with Gasteiger partial charge in [0.1, 0.15) is 22.3 Å². The molecule has 1 fully saturated rings. The minimum absolute atomic E-state index is 0.257. The molecule has 0 radical (unpaired) electrons. The van der Waals surface area contributed by atoms with Gasteiger partial charge in [0, 0.05) is 44.2 Å². The Morgan fingerprint density at radius 2 is 1.77 bits per heavy atom. The molecular formula is C21H21F2N3O3S. The van der Waals surface area contributed by atoms with Gasteiger partial charge in [-0.25, -0.2) is 17.2 Å². The zero-order chi connectivity index (χ0) is 21.3. The lowest BCUT2D eigenvalue weighted by molar-refractivity contribution is 0.179. The van der Waals surface area contributed by atoms with Gasteiger partial charge in [-0.1, -0.05) is 12.1 Å². The molecule has 0 N–H and O–H groups in total. The second-order valence-electron chi connectivity index (χ2n) is 7.09. The molecule has 0 unspecified atom stereocenters. The highest BCUT2D eigenvalue weighted by Gasteiger charge is 2.30. The van der Waals surface area contributed by atoms with Crippen LogP contribution < -0.4 is 4.74 Å². The highest BCUT2D eigenvalue weighted by molar-refractivity contribution is 7.89. The highest BCUT2D eigenvalue weighted by Crippen LogP contribution is 2.27. The second-order valence-corrected chi connectivity index (χ2v) is 8.99. The monoisotopic (exact) mass is 433 g/mol. The molecule has 0 saturated carbocycles. The first-order valence-electron chi connectivity index (χ1n) is 9.49. The van der Waals surface area contributed by atoms with E-state index in [0.29, 0.717) is 36.3 Å². The van der Waals surface area contributed by atoms with Crippen molar-refractivity contribution < 1.29 is 21.9 Å². The summed E-state index contributed by atoms with van der Waals surface area (Å²) in [6.07, 6.45) is 0. The molecule has 0 spiro atoms. The lowest BCUT2D eigenvalue weighted by Gasteiger charge is -2.33. The van der Waals surface area contributed by atoms with Crippen LogP contribution in [0.25, 0.3) is 10.9 Å². The van der Waals surface area contributed by atoms with Gasteiger partial charge >= 0.3 is 0 Å². The van der Waals surface area contributed by atoms with Gasteiger partial charge in [-0.05, 0) is 30.3 Å². The number of rotatable bonds is 5. The SMILES string of the molecule is COc1cc(CN2CCN(S(=O)(=O)c3ccccc3F)CC2)nc2ccc(F)cc12. The Morgan fingerprint density at radius 3 is 2.47 bits per heavy atom. The minimum atomic E-state index is -3.87. The van der Waals surface area contributed by atoms with Gasteiger partial charge in [0.2, 0.25) is 10.0 Å². The van der Waals surface area contributed by atoms with Crippen molar-refractivity contribution in [1.29, 1.82) is 0 Å². The van der Waals surface area contributed by atoms with Crippen molar-refractivity contribution in [1.82, 2.24) is 14.2 Å². The van der Waals surface area contributed by atoms with E-state index in [1.165, 1.54) is 41.7 Å². The van der Waals surface area contributed by atoms with Crippen molar-refractivity contribution in [3.63, 3.8) is 0 Å². The Hall–Kier alpha value is -2.62. The van der Waals surface area contributed by atoms with Crippen LogP contribution in [0.2, 0.25) is 0 Å². The Balaban J connectivity index is 1.48. The van der Waals surface area contributed by atoms with Crippen LogP contribution in [-0.2, 0) is 16.6 Å². The summed E-state index contributed by atoms with van der Waals surface area (Å²) in [6.45, 7) is 1.98. The first-order valence-corrected chi connectivity index (χ1v) is 10.9. The summed E-state index contributed by atoms with van der Waals surface area (Å²) in [5.41, 5.74) is 1.38. The Kier molecular flexibility index (Phi) is 5.68. The van der Waals surface area contributed by atoms with Crippen LogP contribution in [0.1, 0.15) is 5.69 Å². The van der Waals surface area contributed by atoms with Gasteiger partial charge < -0.3 is 4.74 Å². The van der Waals surface area contributed by atoms with Crippen LogP contribution in [0.15, 0.2) is 53.4 Å². The molecule has 2 heterocycles. The number of aromatic nitrogens is 1. The maximum absolute atomic E-state index is 14.0. The van der Waals surface area contributed by atoms with E-state index in [2.05, 4.69) is 9.88 Å². The predicted octanol–water partition coefficient (Wildman–Crippen LogP) is 3.03. The van der Waals surface area contributed by atoms with Crippen molar-refractivity contribution >= 4 is 20.9 Å². The number of hydrogen-bond acceptors (Lipinski definition) is 5. The average Bonchev–Trinajstić information content (AvgIpc) is 2.74. The summed E-state index contributed by atoms with van der Waals surface area (Å²) in [7, 11) is -2.35. The molecule has 1 aliphatic rings. The number of fused-ring (bicyclic) bond motifs is 1. The molecule has 1 aromatic heterocycles. The normalized spacial score (nSPS) is 16.1. The van der Waals surface area contributed by atoms with E-state index in [-0.39, 0.29) is 23.8 Å². The van der Waals surface area contributed by atoms with Gasteiger partial charge in [-0.15, -0.1) is 0 Å². The molecule has 9 heteroatoms. The fraction of sp³-hybridized carbons (Fsp3) is 0.286. The summed E-state index contributed by atoms with van der Waals surface area (Å²) >= 11 is 0. The molecule has 0 amide bonds. The van der Waals surface area contributed by atoms with Crippen LogP contribution in [-0.4, -0.2) is 55.9 Å². The zero-order valence-electron chi connectivity index (χ0n) is 16.4. The number of benzene rings is 2. The van der Waals surface area contributed by atoms with Gasteiger partial charge in [0.05, 0.1) is 18.3 Å². The first-order chi connectivity index (χ1) is 14.4. The number of sulfonamides is 1. The van der Waals surface area contributed by atoms with Gasteiger partial charge in [0.25, 0.3) is 0 Å². The highest BCUT2D eigenvalue weighted by atomic mass is 32.2. The van der Waals surface area contributed by atoms with E-state index in [4.69, 9.17) is 4.74 Å². The summed E-state index contributed by atoms with van der Waals surface area (Å²) in [4.78, 5) is 6.35. The van der Waals surface area contributed by atoms with E-state index in [1.54, 1.807) is 12.1 Å². The molecule has 2 aromatic carbocycles. The third kappa shape index (κ3) is 4.00. The fourth-order valence-corrected chi connectivity index (χ4v) is 5.11. The maximum atomic E-state index is 14.0. The van der Waals surface area contributed by atoms with Crippen molar-refractivity contribution in [2.24, 2.45) is 0 Å². The molecule has 1 aliphatic heterocycles. The largest absolute Gasteiger partial charge is 0.496 e. The van der Waals surface area contributed by atoms with E-state index < -0.39 is 15.8 Å². The number of pyridine rings is 1. The van der Waals surface area contributed by atoms with Crippen molar-refractivity contribution in [3.8, 4) is 5.75 Å². The summed E-state index contributed by atoms with van der Waals surface area (Å²) in [6, 6.07) is 11.5. The van der Waals surface area contributed by atoms with Crippen LogP contribution in [0.3, 0.4) is 0 Å². The van der Waals surface area contributed by atoms with Crippen LogP contribution in [0, 0.1) is 11.6 Å². The number of hydrogen-bond donors (Lipinski definition) is 0. The van der Waals surface area contributed by atoms with Gasteiger partial charge in [-0.3, -0.25) is 9.88 Å². The minimum Gasteiger partial charge on any atom is -0.496 e. The summed E-state index contributed by atoms with van der Waals surface area (Å²) in [5.74, 6) is -0.568. The fourth-order valence-electron chi connectivity index (χ4n) is 3.62. The maximum Gasteiger partial charge on any atom is 0.246 e. The van der Waals surface area contributed by atoms with E-state index in [1.807, 2.05) is 0 Å². The van der Waals surface area contributed by atoms with E-state index >= 15 is 0 Å². The Morgan fingerprint density at radius 1 is 1.03 bits per heavy atom. The van der Waals surface area contributed by atoms with Crippen LogP contribution >= 0.6 is 0 Å². The number of ether oxygens (including phenoxy) is 1.